The van der Waals surface area contributed by atoms with E-state index in [1.165, 1.54) is 24.9 Å². The average molecular weight is 558 g/mol. The third-order valence-electron chi connectivity index (χ3n) is 4.01. The Morgan fingerprint density at radius 1 is 0.594 bits per heavy atom. The largest absolute Gasteiger partial charge is 0.463 e. The molecule has 0 aliphatic carbocycles. The van der Waals surface area contributed by atoms with E-state index < -0.39 is 0 Å². The molecule has 0 saturated carbocycles. The highest BCUT2D eigenvalue weighted by Gasteiger charge is 2.04. The van der Waals surface area contributed by atoms with Gasteiger partial charge >= 0.3 is 0 Å². The maximum Gasteiger partial charge on any atom is 0.255 e. The molecule has 2 N–H and O–H groups in total. The van der Waals surface area contributed by atoms with Crippen molar-refractivity contribution in [3.8, 4) is 11.5 Å². The topological polar surface area (TPSA) is 76.7 Å². The summed E-state index contributed by atoms with van der Waals surface area (Å²) < 4.78 is 12.7. The quantitative estimate of drug-likeness (QED) is 0.345. The Morgan fingerprint density at radius 3 is 1.38 bits per heavy atom. The molecule has 3 aromatic carbocycles. The smallest absolute Gasteiger partial charge is 0.255 e. The zero-order chi connectivity index (χ0) is 22.8. The van der Waals surface area contributed by atoms with E-state index in [4.69, 9.17) is 9.47 Å². The highest BCUT2D eigenvalue weighted by atomic mass is 79.9. The van der Waals surface area contributed by atoms with Gasteiger partial charge in [0.25, 0.3) is 11.8 Å². The van der Waals surface area contributed by atoms with Crippen LogP contribution >= 0.6 is 31.9 Å². The van der Waals surface area contributed by atoms with Crippen molar-refractivity contribution in [1.82, 2.24) is 10.6 Å². The van der Waals surface area contributed by atoms with E-state index in [9.17, 15) is 9.59 Å². The van der Waals surface area contributed by atoms with Crippen molar-refractivity contribution in [1.29, 1.82) is 0 Å². The van der Waals surface area contributed by atoms with Crippen LogP contribution < -0.4 is 20.1 Å². The van der Waals surface area contributed by atoms with Crippen molar-refractivity contribution in [2.75, 3.05) is 0 Å². The Morgan fingerprint density at radius 2 is 0.938 bits per heavy atom. The Hall–Kier alpha value is -3.36. The second kappa shape index (κ2) is 11.9. The molecule has 0 aliphatic rings. The molecule has 0 bridgehead atoms. The maximum absolute atomic E-state index is 12.2. The van der Waals surface area contributed by atoms with Gasteiger partial charge in [-0.1, -0.05) is 31.9 Å². The molecule has 0 saturated heterocycles. The summed E-state index contributed by atoms with van der Waals surface area (Å²) in [5.41, 5.74) is 0.989. The van der Waals surface area contributed by atoms with E-state index in [2.05, 4.69) is 42.5 Å². The lowest BCUT2D eigenvalue weighted by molar-refractivity contribution is 0.0961. The monoisotopic (exact) mass is 556 g/mol. The number of nitrogens with one attached hydrogen (secondary N) is 2. The third kappa shape index (κ3) is 7.40. The van der Waals surface area contributed by atoms with Crippen molar-refractivity contribution in [2.45, 2.75) is 0 Å². The number of hydrogen-bond acceptors (Lipinski definition) is 4. The summed E-state index contributed by atoms with van der Waals surface area (Å²) in [6, 6.07) is 20.9. The van der Waals surface area contributed by atoms with Gasteiger partial charge < -0.3 is 20.1 Å². The predicted molar refractivity (Wildman–Crippen MR) is 129 cm³/mol. The third-order valence-corrected chi connectivity index (χ3v) is 5.07. The average Bonchev–Trinajstić information content (AvgIpc) is 2.81. The molecule has 0 heterocycles. The van der Waals surface area contributed by atoms with Crippen LogP contribution in [0.5, 0.6) is 11.5 Å². The number of ether oxygens (including phenoxy) is 2. The van der Waals surface area contributed by atoms with Crippen LogP contribution in [0, 0.1) is 0 Å². The fourth-order valence-electron chi connectivity index (χ4n) is 2.41. The minimum atomic E-state index is -0.287. The standard InChI is InChI=1S/C24H18Br2N2O4/c25-19-5-1-17(2-6-19)23(29)27-13-15-31-21-9-3-18(4-10-21)24(30)28-14-16-32-22-11-7-20(26)8-12-22/h1-16H,(H,27,29)(H,28,30). The Bertz CT molecular complexity index is 1110. The lowest BCUT2D eigenvalue weighted by Gasteiger charge is -2.04. The fraction of sp³-hybridized carbons (Fsp3) is 0. The molecule has 8 heteroatoms. The normalized spacial score (nSPS) is 10.8. The fourth-order valence-corrected chi connectivity index (χ4v) is 2.94. The number of amides is 2. The number of rotatable bonds is 8. The number of hydrogen-bond donors (Lipinski definition) is 2. The van der Waals surface area contributed by atoms with Crippen LogP contribution in [0.15, 0.2) is 107 Å². The second-order valence-electron chi connectivity index (χ2n) is 6.27. The molecule has 3 rings (SSSR count). The van der Waals surface area contributed by atoms with Gasteiger partial charge in [-0.3, -0.25) is 9.59 Å². The van der Waals surface area contributed by atoms with Gasteiger partial charge in [0.05, 0.1) is 0 Å². The van der Waals surface area contributed by atoms with E-state index in [0.717, 1.165) is 8.95 Å². The van der Waals surface area contributed by atoms with Gasteiger partial charge in [-0.2, -0.15) is 0 Å². The highest BCUT2D eigenvalue weighted by molar-refractivity contribution is 9.10. The molecule has 0 spiro atoms. The first kappa shape index (κ1) is 23.3. The lowest BCUT2D eigenvalue weighted by atomic mass is 10.2. The summed E-state index contributed by atoms with van der Waals surface area (Å²) in [6.45, 7) is 0. The molecule has 6 nitrogen and oxygen atoms in total. The molecule has 0 fully saturated rings. The summed E-state index contributed by atoms with van der Waals surface area (Å²) in [5.74, 6) is 0.636. The molecule has 0 radical (unpaired) electrons. The van der Waals surface area contributed by atoms with Crippen molar-refractivity contribution in [2.24, 2.45) is 0 Å². The van der Waals surface area contributed by atoms with Crippen LogP contribution in [0.3, 0.4) is 0 Å². The second-order valence-corrected chi connectivity index (χ2v) is 8.10. The van der Waals surface area contributed by atoms with Crippen molar-refractivity contribution < 1.29 is 19.1 Å². The van der Waals surface area contributed by atoms with E-state index in [-0.39, 0.29) is 11.8 Å². The molecule has 32 heavy (non-hydrogen) atoms. The van der Waals surface area contributed by atoms with E-state index in [1.54, 1.807) is 60.7 Å². The van der Waals surface area contributed by atoms with Gasteiger partial charge in [-0.15, -0.1) is 0 Å². The molecular formula is C24H18Br2N2O4. The molecule has 162 valence electrons. The van der Waals surface area contributed by atoms with Gasteiger partial charge in [0.2, 0.25) is 0 Å². The van der Waals surface area contributed by atoms with E-state index in [1.807, 2.05) is 12.1 Å². The molecule has 0 aliphatic heterocycles. The highest BCUT2D eigenvalue weighted by Crippen LogP contribution is 2.16. The summed E-state index contributed by atoms with van der Waals surface area (Å²) in [4.78, 5) is 24.2. The van der Waals surface area contributed by atoms with Gasteiger partial charge in [0.1, 0.15) is 24.0 Å². The van der Waals surface area contributed by atoms with Gasteiger partial charge in [-0.25, -0.2) is 0 Å². The van der Waals surface area contributed by atoms with Crippen molar-refractivity contribution in [3.63, 3.8) is 0 Å². The lowest BCUT2D eigenvalue weighted by Crippen LogP contribution is -2.17. The van der Waals surface area contributed by atoms with E-state index in [0.29, 0.717) is 22.6 Å². The first-order chi connectivity index (χ1) is 15.5. The summed E-state index contributed by atoms with van der Waals surface area (Å²) in [5, 5.41) is 5.24. The maximum atomic E-state index is 12.2. The zero-order valence-electron chi connectivity index (χ0n) is 16.6. The SMILES string of the molecule is O=C(NC=COc1ccc(C(=O)NC=COc2ccc(Br)cc2)cc1)c1ccc(Br)cc1. The Balaban J connectivity index is 1.42. The summed E-state index contributed by atoms with van der Waals surface area (Å²) in [6.07, 6.45) is 5.58. The van der Waals surface area contributed by atoms with Crippen LogP contribution in [-0.2, 0) is 0 Å². The Kier molecular flexibility index (Phi) is 8.65. The molecule has 2 amide bonds. The molecule has 0 atom stereocenters. The molecule has 0 unspecified atom stereocenters. The van der Waals surface area contributed by atoms with Crippen molar-refractivity contribution >= 4 is 43.7 Å². The first-order valence-corrected chi connectivity index (χ1v) is 11.0. The van der Waals surface area contributed by atoms with Crippen LogP contribution in [0.4, 0.5) is 0 Å². The van der Waals surface area contributed by atoms with Gasteiger partial charge in [0, 0.05) is 32.5 Å². The van der Waals surface area contributed by atoms with Crippen LogP contribution in [0.25, 0.3) is 0 Å². The molecule has 3 aromatic rings. The first-order valence-electron chi connectivity index (χ1n) is 9.37. The molecule has 0 aromatic heterocycles. The van der Waals surface area contributed by atoms with Gasteiger partial charge in [0.15, 0.2) is 0 Å². The van der Waals surface area contributed by atoms with Crippen LogP contribution in [0.1, 0.15) is 20.7 Å². The summed E-state index contributed by atoms with van der Waals surface area (Å²) in [7, 11) is 0. The van der Waals surface area contributed by atoms with Crippen LogP contribution in [-0.4, -0.2) is 11.8 Å². The number of halogens is 2. The minimum Gasteiger partial charge on any atom is -0.463 e. The minimum absolute atomic E-state index is 0.249. The van der Waals surface area contributed by atoms with E-state index >= 15 is 0 Å². The number of carbonyl (C=O) groups excluding carboxylic acids is 2. The number of benzene rings is 3. The Labute approximate surface area is 202 Å². The van der Waals surface area contributed by atoms with Crippen LogP contribution in [0.2, 0.25) is 0 Å². The number of carbonyl (C=O) groups is 2. The van der Waals surface area contributed by atoms with Crippen molar-refractivity contribution in [3.05, 3.63) is 118 Å². The molecular weight excluding hydrogens is 540 g/mol. The van der Waals surface area contributed by atoms with Gasteiger partial charge in [-0.05, 0) is 72.8 Å². The summed E-state index contributed by atoms with van der Waals surface area (Å²) >= 11 is 6.67. The zero-order valence-corrected chi connectivity index (χ0v) is 19.8. The predicted octanol–water partition coefficient (Wildman–Crippen LogP) is 5.77.